The van der Waals surface area contributed by atoms with E-state index in [-0.39, 0.29) is 5.91 Å². The molecular weight excluding hydrogens is 364 g/mol. The monoisotopic (exact) mass is 384 g/mol. The van der Waals surface area contributed by atoms with E-state index in [1.807, 2.05) is 36.4 Å². The number of hydrogen-bond donors (Lipinski definition) is 3. The number of carbonyl (C=O) groups excluding carboxylic acids is 2. The fourth-order valence-corrected chi connectivity index (χ4v) is 3.23. The van der Waals surface area contributed by atoms with Crippen molar-refractivity contribution in [2.75, 3.05) is 6.54 Å². The Kier molecular flexibility index (Phi) is 5.07. The molecule has 0 fully saturated rings. The van der Waals surface area contributed by atoms with Crippen LogP contribution in [0.5, 0.6) is 0 Å². The van der Waals surface area contributed by atoms with E-state index in [0.29, 0.717) is 24.2 Å². The topological polar surface area (TPSA) is 101 Å². The number of hydrogen-bond acceptors (Lipinski definition) is 3. The predicted molar refractivity (Wildman–Crippen MR) is 113 cm³/mol. The number of nitrogens with one attached hydrogen (secondary N) is 2. The summed E-state index contributed by atoms with van der Waals surface area (Å²) in [5.41, 5.74) is 8.76. The maximum atomic E-state index is 12.4. The minimum atomic E-state index is -0.463. The SMILES string of the molecule is NC(=O)c1cccc(CCNC(=O)c2cc(-c3ccc4ccccc4c3)n[nH]2)c1. The highest BCUT2D eigenvalue weighted by atomic mass is 16.2. The largest absolute Gasteiger partial charge is 0.366 e. The predicted octanol–water partition coefficient (Wildman–Crippen LogP) is 3.30. The quantitative estimate of drug-likeness (QED) is 0.475. The summed E-state index contributed by atoms with van der Waals surface area (Å²) in [7, 11) is 0. The Morgan fingerprint density at radius 3 is 2.59 bits per heavy atom. The molecule has 0 aliphatic rings. The molecule has 6 nitrogen and oxygen atoms in total. The second-order valence-electron chi connectivity index (χ2n) is 6.80. The van der Waals surface area contributed by atoms with Gasteiger partial charge in [-0.05, 0) is 47.0 Å². The third-order valence-corrected chi connectivity index (χ3v) is 4.78. The molecule has 1 aromatic heterocycles. The molecule has 0 radical (unpaired) electrons. The Labute approximate surface area is 167 Å². The van der Waals surface area contributed by atoms with Gasteiger partial charge in [-0.15, -0.1) is 0 Å². The lowest BCUT2D eigenvalue weighted by molar-refractivity contribution is 0.0947. The lowest BCUT2D eigenvalue weighted by Gasteiger charge is -2.05. The Balaban J connectivity index is 1.40. The average Bonchev–Trinajstić information content (AvgIpc) is 3.24. The van der Waals surface area contributed by atoms with Gasteiger partial charge in [-0.2, -0.15) is 5.10 Å². The van der Waals surface area contributed by atoms with Crippen LogP contribution in [-0.4, -0.2) is 28.6 Å². The van der Waals surface area contributed by atoms with Gasteiger partial charge in [-0.1, -0.05) is 48.5 Å². The molecule has 2 amide bonds. The number of nitrogens with two attached hydrogens (primary N) is 1. The Hall–Kier alpha value is -3.93. The van der Waals surface area contributed by atoms with Gasteiger partial charge in [0.1, 0.15) is 5.69 Å². The van der Waals surface area contributed by atoms with Crippen molar-refractivity contribution in [1.29, 1.82) is 0 Å². The van der Waals surface area contributed by atoms with Crippen LogP contribution in [0.15, 0.2) is 72.8 Å². The zero-order valence-electron chi connectivity index (χ0n) is 15.7. The van der Waals surface area contributed by atoms with E-state index in [1.165, 1.54) is 0 Å². The first-order valence-electron chi connectivity index (χ1n) is 9.32. The molecular formula is C23H20N4O2. The summed E-state index contributed by atoms with van der Waals surface area (Å²) in [5, 5.41) is 12.2. The maximum Gasteiger partial charge on any atom is 0.269 e. The first kappa shape index (κ1) is 18.4. The van der Waals surface area contributed by atoms with Crippen LogP contribution >= 0.6 is 0 Å². The standard InChI is InChI=1S/C23H20N4O2/c24-22(28)19-7-3-4-15(12-19)10-11-25-23(29)21-14-20(26-27-21)18-9-8-16-5-1-2-6-17(16)13-18/h1-9,12-14H,10-11H2,(H2,24,28)(H,25,29)(H,26,27). The summed E-state index contributed by atoms with van der Waals surface area (Å²) in [5.74, 6) is -0.690. The molecule has 1 heterocycles. The highest BCUT2D eigenvalue weighted by Crippen LogP contribution is 2.23. The molecule has 0 aliphatic heterocycles. The number of fused-ring (bicyclic) bond motifs is 1. The molecule has 29 heavy (non-hydrogen) atoms. The van der Waals surface area contributed by atoms with Crippen LogP contribution in [0.1, 0.15) is 26.4 Å². The minimum Gasteiger partial charge on any atom is -0.366 e. The summed E-state index contributed by atoms with van der Waals surface area (Å²) in [6, 6.07) is 23.0. The lowest BCUT2D eigenvalue weighted by atomic mass is 10.1. The Bertz CT molecular complexity index is 1200. The van der Waals surface area contributed by atoms with Crippen LogP contribution in [0, 0.1) is 0 Å². The van der Waals surface area contributed by atoms with Crippen molar-refractivity contribution in [2.24, 2.45) is 5.73 Å². The van der Waals surface area contributed by atoms with Crippen LogP contribution in [0.3, 0.4) is 0 Å². The first-order chi connectivity index (χ1) is 14.1. The van der Waals surface area contributed by atoms with Gasteiger partial charge in [0.05, 0.1) is 5.69 Å². The van der Waals surface area contributed by atoms with E-state index in [1.54, 1.807) is 24.3 Å². The van der Waals surface area contributed by atoms with Gasteiger partial charge in [0.2, 0.25) is 5.91 Å². The molecule has 0 saturated carbocycles. The average molecular weight is 384 g/mol. The van der Waals surface area contributed by atoms with Gasteiger partial charge in [-0.3, -0.25) is 14.7 Å². The third-order valence-electron chi connectivity index (χ3n) is 4.78. The smallest absolute Gasteiger partial charge is 0.269 e. The van der Waals surface area contributed by atoms with Crippen molar-refractivity contribution in [3.63, 3.8) is 0 Å². The third kappa shape index (κ3) is 4.16. The number of aromatic nitrogens is 2. The van der Waals surface area contributed by atoms with Crippen molar-refractivity contribution in [2.45, 2.75) is 6.42 Å². The molecule has 0 aliphatic carbocycles. The molecule has 4 aromatic rings. The fraction of sp³-hybridized carbons (Fsp3) is 0.0870. The van der Waals surface area contributed by atoms with Crippen molar-refractivity contribution in [3.05, 3.63) is 89.6 Å². The summed E-state index contributed by atoms with van der Waals surface area (Å²) < 4.78 is 0. The number of benzene rings is 3. The van der Waals surface area contributed by atoms with Gasteiger partial charge < -0.3 is 11.1 Å². The number of carbonyl (C=O) groups is 2. The summed E-state index contributed by atoms with van der Waals surface area (Å²) in [4.78, 5) is 23.7. The molecule has 0 saturated heterocycles. The van der Waals surface area contributed by atoms with E-state index in [0.717, 1.165) is 27.6 Å². The molecule has 0 bridgehead atoms. The first-order valence-corrected chi connectivity index (χ1v) is 9.32. The number of nitrogens with zero attached hydrogens (tertiary/aromatic N) is 1. The molecule has 0 spiro atoms. The second kappa shape index (κ2) is 7.98. The second-order valence-corrected chi connectivity index (χ2v) is 6.80. The number of aromatic amines is 1. The van der Waals surface area contributed by atoms with Crippen molar-refractivity contribution < 1.29 is 9.59 Å². The van der Waals surface area contributed by atoms with Crippen LogP contribution < -0.4 is 11.1 Å². The minimum absolute atomic E-state index is 0.226. The molecule has 144 valence electrons. The maximum absolute atomic E-state index is 12.4. The number of H-pyrrole nitrogens is 1. The zero-order chi connectivity index (χ0) is 20.2. The van der Waals surface area contributed by atoms with E-state index < -0.39 is 5.91 Å². The van der Waals surface area contributed by atoms with E-state index >= 15 is 0 Å². The number of rotatable bonds is 6. The molecule has 4 rings (SSSR count). The van der Waals surface area contributed by atoms with Gasteiger partial charge in [0, 0.05) is 17.7 Å². The number of amides is 2. The number of primary amides is 1. The van der Waals surface area contributed by atoms with Crippen molar-refractivity contribution >= 4 is 22.6 Å². The highest BCUT2D eigenvalue weighted by Gasteiger charge is 2.11. The van der Waals surface area contributed by atoms with Crippen LogP contribution in [0.2, 0.25) is 0 Å². The molecule has 6 heteroatoms. The zero-order valence-corrected chi connectivity index (χ0v) is 15.7. The van der Waals surface area contributed by atoms with Gasteiger partial charge >= 0.3 is 0 Å². The lowest BCUT2D eigenvalue weighted by Crippen LogP contribution is -2.26. The van der Waals surface area contributed by atoms with Crippen LogP contribution in [-0.2, 0) is 6.42 Å². The van der Waals surface area contributed by atoms with Gasteiger partial charge in [0.15, 0.2) is 0 Å². The van der Waals surface area contributed by atoms with E-state index in [9.17, 15) is 9.59 Å². The normalized spacial score (nSPS) is 10.8. The summed E-state index contributed by atoms with van der Waals surface area (Å²) >= 11 is 0. The van der Waals surface area contributed by atoms with Gasteiger partial charge in [-0.25, -0.2) is 0 Å². The Morgan fingerprint density at radius 2 is 1.76 bits per heavy atom. The highest BCUT2D eigenvalue weighted by molar-refractivity contribution is 5.94. The molecule has 0 atom stereocenters. The molecule has 3 aromatic carbocycles. The molecule has 0 unspecified atom stereocenters. The van der Waals surface area contributed by atoms with Crippen LogP contribution in [0.4, 0.5) is 0 Å². The molecule has 4 N–H and O–H groups in total. The van der Waals surface area contributed by atoms with Crippen LogP contribution in [0.25, 0.3) is 22.0 Å². The summed E-state index contributed by atoms with van der Waals surface area (Å²) in [6.07, 6.45) is 0.596. The van der Waals surface area contributed by atoms with Gasteiger partial charge in [0.25, 0.3) is 5.91 Å². The van der Waals surface area contributed by atoms with E-state index in [4.69, 9.17) is 5.73 Å². The van der Waals surface area contributed by atoms with E-state index in [2.05, 4.69) is 27.6 Å². The Morgan fingerprint density at radius 1 is 0.931 bits per heavy atom. The van der Waals surface area contributed by atoms with Crippen molar-refractivity contribution in [1.82, 2.24) is 15.5 Å². The summed E-state index contributed by atoms with van der Waals surface area (Å²) in [6.45, 7) is 0.436. The fourth-order valence-electron chi connectivity index (χ4n) is 3.23. The van der Waals surface area contributed by atoms with Crippen molar-refractivity contribution in [3.8, 4) is 11.3 Å².